The van der Waals surface area contributed by atoms with Crippen LogP contribution in [-0.4, -0.2) is 24.6 Å². The van der Waals surface area contributed by atoms with E-state index in [1.54, 1.807) is 0 Å². The molecular weight excluding hydrogens is 210 g/mol. The summed E-state index contributed by atoms with van der Waals surface area (Å²) in [4.78, 5) is 3.36. The van der Waals surface area contributed by atoms with Gasteiger partial charge in [-0.05, 0) is 38.1 Å². The summed E-state index contributed by atoms with van der Waals surface area (Å²) in [7, 11) is 2.05. The van der Waals surface area contributed by atoms with Crippen LogP contribution in [0, 0.1) is 0 Å². The summed E-state index contributed by atoms with van der Waals surface area (Å²) in [6.45, 7) is 1.14. The highest BCUT2D eigenvalue weighted by Gasteiger charge is 2.26. The van der Waals surface area contributed by atoms with Crippen molar-refractivity contribution in [2.24, 2.45) is 0 Å². The quantitative estimate of drug-likeness (QED) is 0.755. The summed E-state index contributed by atoms with van der Waals surface area (Å²) in [6.07, 6.45) is 4.68. The van der Waals surface area contributed by atoms with Crippen molar-refractivity contribution in [1.82, 2.24) is 15.6 Å². The molecule has 0 amide bonds. The van der Waals surface area contributed by atoms with Crippen molar-refractivity contribution >= 4 is 10.9 Å². The monoisotopic (exact) mass is 229 g/mol. The minimum Gasteiger partial charge on any atom is -0.361 e. The molecular formula is C14H19N3. The van der Waals surface area contributed by atoms with Crippen LogP contribution in [0.1, 0.15) is 24.4 Å². The molecule has 90 valence electrons. The van der Waals surface area contributed by atoms with Gasteiger partial charge in [-0.15, -0.1) is 0 Å². The van der Waals surface area contributed by atoms with Crippen LogP contribution in [0.4, 0.5) is 0 Å². The number of hydrogen-bond donors (Lipinski definition) is 3. The minimum atomic E-state index is 0.397. The number of benzene rings is 1. The predicted molar refractivity (Wildman–Crippen MR) is 71.1 cm³/mol. The molecule has 2 atom stereocenters. The fourth-order valence-corrected chi connectivity index (χ4v) is 2.92. The number of nitrogens with one attached hydrogen (secondary N) is 3. The van der Waals surface area contributed by atoms with E-state index in [2.05, 4.69) is 46.1 Å². The van der Waals surface area contributed by atoms with E-state index in [0.29, 0.717) is 12.1 Å². The molecule has 1 aliphatic rings. The lowest BCUT2D eigenvalue weighted by Gasteiger charge is -2.23. The number of aromatic amines is 1. The molecule has 3 nitrogen and oxygen atoms in total. The topological polar surface area (TPSA) is 39.9 Å². The van der Waals surface area contributed by atoms with Gasteiger partial charge in [0.2, 0.25) is 0 Å². The molecule has 1 aromatic heterocycles. The van der Waals surface area contributed by atoms with Crippen molar-refractivity contribution in [3.8, 4) is 0 Å². The lowest BCUT2D eigenvalue weighted by Crippen LogP contribution is -2.36. The Kier molecular flexibility index (Phi) is 2.87. The van der Waals surface area contributed by atoms with Crippen LogP contribution in [0.2, 0.25) is 0 Å². The Morgan fingerprint density at radius 3 is 3.00 bits per heavy atom. The van der Waals surface area contributed by atoms with E-state index in [9.17, 15) is 0 Å². The van der Waals surface area contributed by atoms with E-state index in [1.165, 1.54) is 29.3 Å². The average molecular weight is 229 g/mol. The first-order valence-electron chi connectivity index (χ1n) is 6.37. The molecule has 2 aromatic rings. The van der Waals surface area contributed by atoms with Crippen molar-refractivity contribution in [1.29, 1.82) is 0 Å². The van der Waals surface area contributed by atoms with E-state index >= 15 is 0 Å². The van der Waals surface area contributed by atoms with E-state index in [1.807, 2.05) is 7.05 Å². The summed E-state index contributed by atoms with van der Waals surface area (Å²) in [6, 6.07) is 9.46. The zero-order chi connectivity index (χ0) is 11.7. The van der Waals surface area contributed by atoms with Crippen LogP contribution in [0.15, 0.2) is 30.5 Å². The third kappa shape index (κ3) is 1.85. The highest BCUT2D eigenvalue weighted by Crippen LogP contribution is 2.28. The normalized spacial score (nSPS) is 22.1. The fourth-order valence-electron chi connectivity index (χ4n) is 2.92. The number of hydrogen-bond acceptors (Lipinski definition) is 2. The predicted octanol–water partition coefficient (Wildman–Crippen LogP) is 2.18. The lowest BCUT2D eigenvalue weighted by molar-refractivity contribution is 0.443. The maximum Gasteiger partial charge on any atom is 0.0494 e. The van der Waals surface area contributed by atoms with Crippen LogP contribution in [-0.2, 0) is 0 Å². The average Bonchev–Trinajstić information content (AvgIpc) is 3.01. The number of fused-ring (bicyclic) bond motifs is 1. The van der Waals surface area contributed by atoms with Crippen molar-refractivity contribution in [2.75, 3.05) is 13.6 Å². The second-order valence-electron chi connectivity index (χ2n) is 4.76. The van der Waals surface area contributed by atoms with Gasteiger partial charge in [0.05, 0.1) is 0 Å². The van der Waals surface area contributed by atoms with Gasteiger partial charge in [0.15, 0.2) is 0 Å². The van der Waals surface area contributed by atoms with Gasteiger partial charge in [0, 0.05) is 29.2 Å². The first-order valence-corrected chi connectivity index (χ1v) is 6.37. The number of para-hydroxylation sites is 1. The van der Waals surface area contributed by atoms with Gasteiger partial charge in [0.25, 0.3) is 0 Å². The van der Waals surface area contributed by atoms with Gasteiger partial charge in [0.1, 0.15) is 0 Å². The highest BCUT2D eigenvalue weighted by atomic mass is 15.0. The molecule has 1 aromatic carbocycles. The molecule has 2 heterocycles. The van der Waals surface area contributed by atoms with Crippen LogP contribution in [0.5, 0.6) is 0 Å². The molecule has 1 fully saturated rings. The molecule has 0 radical (unpaired) electrons. The van der Waals surface area contributed by atoms with Crippen molar-refractivity contribution in [3.05, 3.63) is 36.0 Å². The van der Waals surface area contributed by atoms with Gasteiger partial charge in [-0.3, -0.25) is 0 Å². The Labute approximate surface area is 102 Å². The van der Waals surface area contributed by atoms with E-state index in [-0.39, 0.29) is 0 Å². The number of aromatic nitrogens is 1. The van der Waals surface area contributed by atoms with Gasteiger partial charge in [-0.1, -0.05) is 18.2 Å². The maximum atomic E-state index is 3.58. The fraction of sp³-hybridized carbons (Fsp3) is 0.429. The zero-order valence-corrected chi connectivity index (χ0v) is 10.2. The molecule has 2 unspecified atom stereocenters. The molecule has 17 heavy (non-hydrogen) atoms. The second kappa shape index (κ2) is 4.51. The molecule has 3 N–H and O–H groups in total. The summed E-state index contributed by atoms with van der Waals surface area (Å²) >= 11 is 0. The molecule has 1 aliphatic heterocycles. The Bertz CT molecular complexity index is 497. The van der Waals surface area contributed by atoms with Crippen LogP contribution < -0.4 is 10.6 Å². The zero-order valence-electron chi connectivity index (χ0n) is 10.2. The molecule has 0 bridgehead atoms. The molecule has 0 spiro atoms. The van der Waals surface area contributed by atoms with Crippen LogP contribution in [0.25, 0.3) is 10.9 Å². The van der Waals surface area contributed by atoms with Gasteiger partial charge >= 0.3 is 0 Å². The number of H-pyrrole nitrogens is 1. The number of rotatable bonds is 3. The first kappa shape index (κ1) is 10.8. The lowest BCUT2D eigenvalue weighted by atomic mass is 9.98. The largest absolute Gasteiger partial charge is 0.361 e. The molecule has 0 aliphatic carbocycles. The highest BCUT2D eigenvalue weighted by molar-refractivity contribution is 5.83. The van der Waals surface area contributed by atoms with Gasteiger partial charge in [-0.2, -0.15) is 0 Å². The SMILES string of the molecule is CNC(c1c[nH]c2ccccc12)C1CCCN1. The Morgan fingerprint density at radius 1 is 1.35 bits per heavy atom. The first-order chi connectivity index (χ1) is 8.40. The third-order valence-electron chi connectivity index (χ3n) is 3.77. The van der Waals surface area contributed by atoms with Crippen LogP contribution in [0.3, 0.4) is 0 Å². The number of likely N-dealkylation sites (N-methyl/N-ethyl adjacent to an activating group) is 1. The Hall–Kier alpha value is -1.32. The smallest absolute Gasteiger partial charge is 0.0494 e. The Morgan fingerprint density at radius 2 is 2.24 bits per heavy atom. The third-order valence-corrected chi connectivity index (χ3v) is 3.77. The van der Waals surface area contributed by atoms with Gasteiger partial charge in [-0.25, -0.2) is 0 Å². The summed E-state index contributed by atoms with van der Waals surface area (Å²) < 4.78 is 0. The van der Waals surface area contributed by atoms with Gasteiger partial charge < -0.3 is 15.6 Å². The summed E-state index contributed by atoms with van der Waals surface area (Å²) in [5.74, 6) is 0. The minimum absolute atomic E-state index is 0.397. The standard InChI is InChI=1S/C14H19N3/c1-15-14(13-7-4-8-16-13)11-9-17-12-6-3-2-5-10(11)12/h2-3,5-6,9,13-17H,4,7-8H2,1H3. The van der Waals surface area contributed by atoms with E-state index in [4.69, 9.17) is 0 Å². The van der Waals surface area contributed by atoms with E-state index in [0.717, 1.165) is 6.54 Å². The molecule has 0 saturated carbocycles. The molecule has 1 saturated heterocycles. The van der Waals surface area contributed by atoms with Crippen molar-refractivity contribution < 1.29 is 0 Å². The summed E-state index contributed by atoms with van der Waals surface area (Å²) in [5.41, 5.74) is 2.60. The Balaban J connectivity index is 2.00. The molecule has 3 heteroatoms. The van der Waals surface area contributed by atoms with Crippen LogP contribution >= 0.6 is 0 Å². The second-order valence-corrected chi connectivity index (χ2v) is 4.76. The molecule has 3 rings (SSSR count). The maximum absolute atomic E-state index is 3.58. The van der Waals surface area contributed by atoms with E-state index < -0.39 is 0 Å². The summed E-state index contributed by atoms with van der Waals surface area (Å²) in [5, 5.41) is 8.37. The van der Waals surface area contributed by atoms with Crippen molar-refractivity contribution in [2.45, 2.75) is 24.9 Å². The van der Waals surface area contributed by atoms with Crippen molar-refractivity contribution in [3.63, 3.8) is 0 Å².